The van der Waals surface area contributed by atoms with E-state index in [0.717, 1.165) is 18.5 Å². The molecule has 1 aliphatic heterocycles. The Kier molecular flexibility index (Phi) is 5.22. The number of carboxylic acid groups (broad SMARTS) is 1. The lowest BCUT2D eigenvalue weighted by molar-refractivity contribution is -0.141. The second kappa shape index (κ2) is 7.23. The van der Waals surface area contributed by atoms with Gasteiger partial charge in [0.25, 0.3) is 5.56 Å². The molecule has 1 atom stereocenters. The lowest BCUT2D eigenvalue weighted by Gasteiger charge is -2.34. The molecule has 0 spiro atoms. The molecule has 1 unspecified atom stereocenters. The van der Waals surface area contributed by atoms with Gasteiger partial charge in [0.2, 0.25) is 0 Å². The summed E-state index contributed by atoms with van der Waals surface area (Å²) >= 11 is 0. The maximum Gasteiger partial charge on any atom is 0.328 e. The molecule has 1 aliphatic carbocycles. The van der Waals surface area contributed by atoms with E-state index in [9.17, 15) is 19.1 Å². The first-order valence-corrected chi connectivity index (χ1v) is 9.07. The highest BCUT2D eigenvalue weighted by Crippen LogP contribution is 2.38. The van der Waals surface area contributed by atoms with Gasteiger partial charge in [0.05, 0.1) is 5.69 Å². The Morgan fingerprint density at radius 1 is 1.40 bits per heavy atom. The molecule has 0 aromatic carbocycles. The van der Waals surface area contributed by atoms with Crippen molar-refractivity contribution in [2.24, 2.45) is 5.92 Å². The number of hydrogen-bond donors (Lipinski definition) is 1. The molecule has 2 heterocycles. The van der Waals surface area contributed by atoms with Crippen LogP contribution in [0.1, 0.15) is 56.3 Å². The Bertz CT molecular complexity index is 693. The predicted octanol–water partition coefficient (Wildman–Crippen LogP) is 1.99. The summed E-state index contributed by atoms with van der Waals surface area (Å²) in [6.45, 7) is 5.44. The van der Waals surface area contributed by atoms with Crippen LogP contribution >= 0.6 is 0 Å². The van der Waals surface area contributed by atoms with E-state index in [1.165, 1.54) is 4.68 Å². The number of halogens is 1. The van der Waals surface area contributed by atoms with E-state index < -0.39 is 18.2 Å². The van der Waals surface area contributed by atoms with Gasteiger partial charge in [-0.15, -0.1) is 0 Å². The minimum Gasteiger partial charge on any atom is -0.480 e. The fraction of sp³-hybridized carbons (Fsp3) is 0.722. The minimum atomic E-state index is -1.02. The molecule has 25 heavy (non-hydrogen) atoms. The molecule has 2 fully saturated rings. The summed E-state index contributed by atoms with van der Waals surface area (Å²) in [4.78, 5) is 26.5. The van der Waals surface area contributed by atoms with Crippen LogP contribution in [0.4, 0.5) is 4.39 Å². The maximum absolute atomic E-state index is 12.9. The number of aliphatic carboxylic acids is 1. The van der Waals surface area contributed by atoms with Crippen molar-refractivity contribution in [2.45, 2.75) is 57.7 Å². The zero-order valence-electron chi connectivity index (χ0n) is 14.8. The minimum absolute atomic E-state index is 0.144. The fourth-order valence-electron chi connectivity index (χ4n) is 3.32. The summed E-state index contributed by atoms with van der Waals surface area (Å²) in [5, 5.41) is 14.0. The van der Waals surface area contributed by atoms with E-state index >= 15 is 0 Å². The van der Waals surface area contributed by atoms with Crippen LogP contribution in [0.5, 0.6) is 0 Å². The van der Waals surface area contributed by atoms with Crippen molar-refractivity contribution in [3.8, 4) is 0 Å². The van der Waals surface area contributed by atoms with Crippen molar-refractivity contribution in [1.82, 2.24) is 14.7 Å². The van der Waals surface area contributed by atoms with Crippen molar-refractivity contribution < 1.29 is 14.3 Å². The molecular weight excluding hydrogens is 325 g/mol. The normalized spacial score (nSPS) is 19.8. The largest absolute Gasteiger partial charge is 0.480 e. The third-order valence-corrected chi connectivity index (χ3v) is 4.90. The van der Waals surface area contributed by atoms with Gasteiger partial charge in [0, 0.05) is 31.6 Å². The first-order chi connectivity index (χ1) is 11.8. The lowest BCUT2D eigenvalue weighted by Crippen LogP contribution is -2.49. The Morgan fingerprint density at radius 3 is 2.60 bits per heavy atom. The molecular formula is C18H26FN3O3. The zero-order chi connectivity index (χ0) is 18.1. The standard InChI is InChI=1S/C18H26FN3O3/c1-11(2)7-16(18(24)25)22-17(23)15(12-3-4-12)8-14(20-22)5-6-21-9-13(19)10-21/h8,11-13,16H,3-7,9-10H2,1-2H3,(H,24,25). The number of likely N-dealkylation sites (tertiary alicyclic amines) is 1. The van der Waals surface area contributed by atoms with Gasteiger partial charge in [-0.1, -0.05) is 13.8 Å². The summed E-state index contributed by atoms with van der Waals surface area (Å²) in [6, 6.07) is 0.890. The lowest BCUT2D eigenvalue weighted by atomic mass is 10.0. The van der Waals surface area contributed by atoms with Gasteiger partial charge in [-0.2, -0.15) is 5.10 Å². The van der Waals surface area contributed by atoms with E-state index in [2.05, 4.69) is 5.10 Å². The van der Waals surface area contributed by atoms with Crippen molar-refractivity contribution in [2.75, 3.05) is 19.6 Å². The molecule has 1 N–H and O–H groups in total. The highest BCUT2D eigenvalue weighted by molar-refractivity contribution is 5.71. The number of alkyl halides is 1. The van der Waals surface area contributed by atoms with Crippen LogP contribution in [0.25, 0.3) is 0 Å². The number of carboxylic acids is 1. The molecule has 6 nitrogen and oxygen atoms in total. The predicted molar refractivity (Wildman–Crippen MR) is 91.6 cm³/mol. The first kappa shape index (κ1) is 18.0. The monoisotopic (exact) mass is 351 g/mol. The molecule has 1 saturated carbocycles. The fourth-order valence-corrected chi connectivity index (χ4v) is 3.32. The second-order valence-corrected chi connectivity index (χ2v) is 7.71. The van der Waals surface area contributed by atoms with Crippen molar-refractivity contribution in [3.05, 3.63) is 27.7 Å². The Hall–Kier alpha value is -1.76. The van der Waals surface area contributed by atoms with Gasteiger partial charge in [-0.3, -0.25) is 9.69 Å². The second-order valence-electron chi connectivity index (χ2n) is 7.71. The first-order valence-electron chi connectivity index (χ1n) is 9.07. The zero-order valence-corrected chi connectivity index (χ0v) is 14.8. The third kappa shape index (κ3) is 4.26. The van der Waals surface area contributed by atoms with Crippen molar-refractivity contribution in [1.29, 1.82) is 0 Å². The third-order valence-electron chi connectivity index (χ3n) is 4.90. The van der Waals surface area contributed by atoms with E-state index in [1.54, 1.807) is 0 Å². The molecule has 2 aliphatic rings. The molecule has 0 bridgehead atoms. The van der Waals surface area contributed by atoms with Crippen LogP contribution in [0.3, 0.4) is 0 Å². The molecule has 1 saturated heterocycles. The van der Waals surface area contributed by atoms with E-state index in [0.29, 0.717) is 38.0 Å². The maximum atomic E-state index is 12.9. The molecule has 0 radical (unpaired) electrons. The van der Waals surface area contributed by atoms with Gasteiger partial charge in [-0.25, -0.2) is 13.9 Å². The van der Waals surface area contributed by atoms with E-state index in [-0.39, 0.29) is 17.4 Å². The van der Waals surface area contributed by atoms with Gasteiger partial charge in [-0.05, 0) is 37.2 Å². The molecule has 0 amide bonds. The summed E-state index contributed by atoms with van der Waals surface area (Å²) in [6.07, 6.45) is 2.16. The Labute approximate surface area is 146 Å². The van der Waals surface area contributed by atoms with Gasteiger partial charge in [0.1, 0.15) is 6.17 Å². The van der Waals surface area contributed by atoms with Gasteiger partial charge >= 0.3 is 5.97 Å². The summed E-state index contributed by atoms with van der Waals surface area (Å²) in [7, 11) is 0. The smallest absolute Gasteiger partial charge is 0.328 e. The summed E-state index contributed by atoms with van der Waals surface area (Å²) < 4.78 is 14.1. The summed E-state index contributed by atoms with van der Waals surface area (Å²) in [5.41, 5.74) is 1.14. The highest BCUT2D eigenvalue weighted by Gasteiger charge is 2.31. The van der Waals surface area contributed by atoms with Crippen LogP contribution < -0.4 is 5.56 Å². The highest BCUT2D eigenvalue weighted by atomic mass is 19.1. The molecule has 1 aromatic heterocycles. The number of aromatic nitrogens is 2. The van der Waals surface area contributed by atoms with Crippen molar-refractivity contribution in [3.63, 3.8) is 0 Å². The number of rotatable bonds is 8. The van der Waals surface area contributed by atoms with E-state index in [1.807, 2.05) is 24.8 Å². The number of hydrogen-bond acceptors (Lipinski definition) is 4. The topological polar surface area (TPSA) is 75.4 Å². The van der Waals surface area contributed by atoms with Crippen LogP contribution in [-0.4, -0.2) is 51.6 Å². The average Bonchev–Trinajstić information content (AvgIpc) is 3.33. The van der Waals surface area contributed by atoms with Gasteiger partial charge < -0.3 is 5.11 Å². The number of nitrogens with zero attached hydrogens (tertiary/aromatic N) is 3. The van der Waals surface area contributed by atoms with E-state index in [4.69, 9.17) is 0 Å². The van der Waals surface area contributed by atoms with Crippen LogP contribution in [-0.2, 0) is 11.2 Å². The van der Waals surface area contributed by atoms with Crippen LogP contribution in [0.2, 0.25) is 0 Å². The van der Waals surface area contributed by atoms with Crippen LogP contribution in [0.15, 0.2) is 10.9 Å². The van der Waals surface area contributed by atoms with Crippen LogP contribution in [0, 0.1) is 5.92 Å². The number of carbonyl (C=O) groups is 1. The Morgan fingerprint density at radius 2 is 2.08 bits per heavy atom. The molecule has 1 aromatic rings. The Balaban J connectivity index is 1.87. The van der Waals surface area contributed by atoms with Crippen molar-refractivity contribution >= 4 is 5.97 Å². The average molecular weight is 351 g/mol. The molecule has 138 valence electrons. The summed E-state index contributed by atoms with van der Waals surface area (Å²) in [5.74, 6) is -0.649. The quantitative estimate of drug-likeness (QED) is 0.775. The molecule has 3 rings (SSSR count). The molecule has 7 heteroatoms. The SMILES string of the molecule is CC(C)CC(C(=O)O)n1nc(CCN2CC(F)C2)cc(C2CC2)c1=O. The van der Waals surface area contributed by atoms with Gasteiger partial charge in [0.15, 0.2) is 6.04 Å².